The van der Waals surface area contributed by atoms with Crippen LogP contribution in [-0.2, 0) is 6.42 Å². The predicted molar refractivity (Wildman–Crippen MR) is 140 cm³/mol. The first-order chi connectivity index (χ1) is 17.2. The molecule has 0 aliphatic carbocycles. The topological polar surface area (TPSA) is 74.2 Å². The molecule has 4 aromatic rings. The number of nitrogens with one attached hydrogen (secondary N) is 1. The maximum absolute atomic E-state index is 12.1. The fraction of sp³-hybridized carbons (Fsp3) is 0.286. The maximum Gasteiger partial charge on any atom is 0.252 e. The molecule has 5 rings (SSSR count). The molecule has 0 radical (unpaired) electrons. The molecule has 3 heterocycles. The molecule has 0 saturated carbocycles. The average molecular weight is 467 g/mol. The molecule has 1 N–H and O–H groups in total. The standard InChI is InChI=1S/C28H30N6O/c1-2-14-29-28(35)22-12-13-26(30-20-22)33-15-17-34(18-16-33)27-24-11-7-6-10-23(24)25(31-32-27)19-21-8-4-3-5-9-21/h3-13,20H,2,14-19H2,1H3,(H,29,35). The molecule has 2 aromatic heterocycles. The van der Waals surface area contributed by atoms with Gasteiger partial charge in [0.1, 0.15) is 5.82 Å². The number of fused-ring (bicyclic) bond motifs is 1. The second kappa shape index (κ2) is 10.5. The van der Waals surface area contributed by atoms with E-state index in [1.165, 1.54) is 5.56 Å². The minimum absolute atomic E-state index is 0.0723. The van der Waals surface area contributed by atoms with E-state index < -0.39 is 0 Å². The van der Waals surface area contributed by atoms with Crippen molar-refractivity contribution in [2.45, 2.75) is 19.8 Å². The summed E-state index contributed by atoms with van der Waals surface area (Å²) in [4.78, 5) is 21.3. The van der Waals surface area contributed by atoms with E-state index in [4.69, 9.17) is 0 Å². The largest absolute Gasteiger partial charge is 0.353 e. The second-order valence-corrected chi connectivity index (χ2v) is 8.81. The van der Waals surface area contributed by atoms with E-state index >= 15 is 0 Å². The van der Waals surface area contributed by atoms with Gasteiger partial charge in [0.15, 0.2) is 5.82 Å². The van der Waals surface area contributed by atoms with E-state index in [0.717, 1.165) is 67.1 Å². The number of rotatable bonds is 7. The van der Waals surface area contributed by atoms with Crippen molar-refractivity contribution in [3.05, 3.63) is 89.7 Å². The van der Waals surface area contributed by atoms with E-state index in [1.807, 2.05) is 25.1 Å². The lowest BCUT2D eigenvalue weighted by atomic mass is 10.0. The van der Waals surface area contributed by atoms with Gasteiger partial charge in [-0.2, -0.15) is 5.10 Å². The molecule has 0 unspecified atom stereocenters. The van der Waals surface area contributed by atoms with Crippen LogP contribution in [0.3, 0.4) is 0 Å². The van der Waals surface area contributed by atoms with Crippen molar-refractivity contribution >= 4 is 28.3 Å². The lowest BCUT2D eigenvalue weighted by molar-refractivity contribution is 0.0953. The molecule has 178 valence electrons. The van der Waals surface area contributed by atoms with Crippen LogP contribution < -0.4 is 15.1 Å². The minimum atomic E-state index is -0.0723. The molecule has 0 spiro atoms. The fourth-order valence-corrected chi connectivity index (χ4v) is 4.49. The van der Waals surface area contributed by atoms with Gasteiger partial charge in [0.05, 0.1) is 11.3 Å². The molecule has 35 heavy (non-hydrogen) atoms. The van der Waals surface area contributed by atoms with Gasteiger partial charge in [-0.3, -0.25) is 4.79 Å². The molecule has 2 aromatic carbocycles. The Morgan fingerprint density at radius 1 is 0.857 bits per heavy atom. The highest BCUT2D eigenvalue weighted by atomic mass is 16.1. The quantitative estimate of drug-likeness (QED) is 0.442. The van der Waals surface area contributed by atoms with Crippen molar-refractivity contribution in [2.24, 2.45) is 0 Å². The lowest BCUT2D eigenvalue weighted by Crippen LogP contribution is -2.47. The second-order valence-electron chi connectivity index (χ2n) is 8.81. The third-order valence-corrected chi connectivity index (χ3v) is 6.41. The molecule has 7 nitrogen and oxygen atoms in total. The number of pyridine rings is 1. The number of amides is 1. The van der Waals surface area contributed by atoms with Crippen molar-refractivity contribution in [3.63, 3.8) is 0 Å². The van der Waals surface area contributed by atoms with Crippen LogP contribution in [0.15, 0.2) is 72.9 Å². The van der Waals surface area contributed by atoms with Gasteiger partial charge in [0.25, 0.3) is 5.91 Å². The molecular weight excluding hydrogens is 436 g/mol. The summed E-state index contributed by atoms with van der Waals surface area (Å²) in [6.07, 6.45) is 3.34. The van der Waals surface area contributed by atoms with Crippen molar-refractivity contribution in [3.8, 4) is 0 Å². The first kappa shape index (κ1) is 22.8. The summed E-state index contributed by atoms with van der Waals surface area (Å²) >= 11 is 0. The number of aromatic nitrogens is 3. The summed E-state index contributed by atoms with van der Waals surface area (Å²) in [5.74, 6) is 1.76. The van der Waals surface area contributed by atoms with Crippen molar-refractivity contribution in [2.75, 3.05) is 42.5 Å². The normalized spacial score (nSPS) is 13.7. The Labute approximate surface area is 205 Å². The molecule has 1 aliphatic rings. The van der Waals surface area contributed by atoms with Gasteiger partial charge < -0.3 is 15.1 Å². The Bertz CT molecular complexity index is 1280. The number of piperazine rings is 1. The van der Waals surface area contributed by atoms with E-state index in [9.17, 15) is 4.79 Å². The molecule has 0 atom stereocenters. The summed E-state index contributed by atoms with van der Waals surface area (Å²) in [7, 11) is 0. The Balaban J connectivity index is 1.29. The van der Waals surface area contributed by atoms with Crippen LogP contribution in [0.25, 0.3) is 10.8 Å². The number of carbonyl (C=O) groups excluding carboxylic acids is 1. The first-order valence-electron chi connectivity index (χ1n) is 12.3. The number of hydrogen-bond donors (Lipinski definition) is 1. The van der Waals surface area contributed by atoms with Crippen LogP contribution in [-0.4, -0.2) is 53.8 Å². The minimum Gasteiger partial charge on any atom is -0.353 e. The van der Waals surface area contributed by atoms with Gasteiger partial charge in [0, 0.05) is 56.1 Å². The average Bonchev–Trinajstić information content (AvgIpc) is 2.93. The van der Waals surface area contributed by atoms with E-state index in [0.29, 0.717) is 12.1 Å². The highest BCUT2D eigenvalue weighted by Crippen LogP contribution is 2.28. The van der Waals surface area contributed by atoms with E-state index in [2.05, 4.69) is 78.8 Å². The zero-order chi connectivity index (χ0) is 24.0. The highest BCUT2D eigenvalue weighted by molar-refractivity contribution is 5.94. The molecule has 7 heteroatoms. The van der Waals surface area contributed by atoms with Gasteiger partial charge in [-0.1, -0.05) is 61.5 Å². The Kier molecular flexibility index (Phi) is 6.84. The number of benzene rings is 2. The number of nitrogens with zero attached hydrogens (tertiary/aromatic N) is 5. The van der Waals surface area contributed by atoms with E-state index in [1.54, 1.807) is 6.20 Å². The summed E-state index contributed by atoms with van der Waals surface area (Å²) in [5.41, 5.74) is 2.83. The van der Waals surface area contributed by atoms with Crippen molar-refractivity contribution in [1.82, 2.24) is 20.5 Å². The molecule has 1 saturated heterocycles. The maximum atomic E-state index is 12.1. The van der Waals surface area contributed by atoms with Crippen LogP contribution in [0, 0.1) is 0 Å². The summed E-state index contributed by atoms with van der Waals surface area (Å²) in [5, 5.41) is 14.5. The SMILES string of the molecule is CCCNC(=O)c1ccc(N2CCN(c3nnc(Cc4ccccc4)c4ccccc34)CC2)nc1. The van der Waals surface area contributed by atoms with Gasteiger partial charge in [-0.05, 0) is 24.1 Å². The molecule has 1 amide bonds. The summed E-state index contributed by atoms with van der Waals surface area (Å²) < 4.78 is 0. The van der Waals surface area contributed by atoms with Crippen LogP contribution in [0.1, 0.15) is 35.0 Å². The monoisotopic (exact) mass is 466 g/mol. The van der Waals surface area contributed by atoms with Gasteiger partial charge >= 0.3 is 0 Å². The highest BCUT2D eigenvalue weighted by Gasteiger charge is 2.22. The number of anilines is 2. The fourth-order valence-electron chi connectivity index (χ4n) is 4.49. The Hall–Kier alpha value is -4.00. The predicted octanol–water partition coefficient (Wildman–Crippen LogP) is 4.08. The molecule has 1 aliphatic heterocycles. The number of carbonyl (C=O) groups is 1. The molecule has 0 bridgehead atoms. The summed E-state index contributed by atoms with van der Waals surface area (Å²) in [6.45, 7) is 6.03. The molecular formula is C28H30N6O. The van der Waals surface area contributed by atoms with Crippen molar-refractivity contribution < 1.29 is 4.79 Å². The zero-order valence-corrected chi connectivity index (χ0v) is 20.0. The molecule has 1 fully saturated rings. The Morgan fingerprint density at radius 2 is 1.57 bits per heavy atom. The van der Waals surface area contributed by atoms with Gasteiger partial charge in [0.2, 0.25) is 0 Å². The van der Waals surface area contributed by atoms with Crippen LogP contribution in [0.4, 0.5) is 11.6 Å². The van der Waals surface area contributed by atoms with Crippen molar-refractivity contribution in [1.29, 1.82) is 0 Å². The summed E-state index contributed by atoms with van der Waals surface area (Å²) in [6, 6.07) is 22.6. The Morgan fingerprint density at radius 3 is 2.29 bits per heavy atom. The smallest absolute Gasteiger partial charge is 0.252 e. The number of hydrogen-bond acceptors (Lipinski definition) is 6. The van der Waals surface area contributed by atoms with E-state index in [-0.39, 0.29) is 5.91 Å². The van der Waals surface area contributed by atoms with Gasteiger partial charge in [-0.15, -0.1) is 5.10 Å². The van der Waals surface area contributed by atoms with Crippen LogP contribution >= 0.6 is 0 Å². The van der Waals surface area contributed by atoms with Gasteiger partial charge in [-0.25, -0.2) is 4.98 Å². The first-order valence-corrected chi connectivity index (χ1v) is 12.3. The third-order valence-electron chi connectivity index (χ3n) is 6.41. The van der Waals surface area contributed by atoms with Crippen LogP contribution in [0.2, 0.25) is 0 Å². The third kappa shape index (κ3) is 5.09. The lowest BCUT2D eigenvalue weighted by Gasteiger charge is -2.36. The van der Waals surface area contributed by atoms with Crippen LogP contribution in [0.5, 0.6) is 0 Å². The zero-order valence-electron chi connectivity index (χ0n) is 20.0.